The average molecular weight is 699 g/mol. The highest BCUT2D eigenvalue weighted by Crippen LogP contribution is 2.40. The molecule has 5 rings (SSSR count). The molecule has 2 heterocycles. The maximum absolute atomic E-state index is 14.2. The number of carbonyl (C=O) groups is 2. The molecule has 0 radical (unpaired) electrons. The number of allylic oxidation sites excluding steroid dienone is 1. The minimum absolute atomic E-state index is 0.170. The highest BCUT2D eigenvalue weighted by molar-refractivity contribution is 14.1. The van der Waals surface area contributed by atoms with Crippen molar-refractivity contribution in [3.05, 3.63) is 94.2 Å². The summed E-state index contributed by atoms with van der Waals surface area (Å²) in [6.45, 7) is 4.97. The van der Waals surface area contributed by atoms with Crippen molar-refractivity contribution in [2.45, 2.75) is 26.8 Å². The van der Waals surface area contributed by atoms with Crippen LogP contribution in [0.25, 0.3) is 16.8 Å². The number of hydrogen-bond donors (Lipinski definition) is 0. The van der Waals surface area contributed by atoms with E-state index in [9.17, 15) is 14.4 Å². The summed E-state index contributed by atoms with van der Waals surface area (Å²) in [7, 11) is 3.04. The number of nitrogens with zero attached hydrogens (tertiary/aromatic N) is 2. The topological polar surface area (TPSA) is 105 Å². The van der Waals surface area contributed by atoms with E-state index < -0.39 is 18.0 Å². The van der Waals surface area contributed by atoms with Crippen molar-refractivity contribution in [3.8, 4) is 17.2 Å². The van der Waals surface area contributed by atoms with Crippen LogP contribution in [0.4, 0.5) is 0 Å². The molecule has 1 aliphatic rings. The van der Waals surface area contributed by atoms with Gasteiger partial charge in [-0.1, -0.05) is 41.7 Å². The van der Waals surface area contributed by atoms with Crippen LogP contribution in [0, 0.1) is 3.57 Å². The minimum atomic E-state index is -0.843. The van der Waals surface area contributed by atoms with E-state index in [2.05, 4.69) is 27.6 Å². The summed E-state index contributed by atoms with van der Waals surface area (Å²) in [4.78, 5) is 44.3. The SMILES string of the molecule is CCOC(=O)C1=C(C)N=c2s/c(=C\c3cc(I)c(OC(C)=O)c(OC)c3)c(=O)n2[C@@H]1c1c(OC)ccc2ccccc12. The van der Waals surface area contributed by atoms with E-state index in [1.807, 2.05) is 36.4 Å². The largest absolute Gasteiger partial charge is 0.496 e. The normalized spacial score (nSPS) is 14.8. The van der Waals surface area contributed by atoms with Crippen molar-refractivity contribution >= 4 is 62.7 Å². The van der Waals surface area contributed by atoms with Crippen LogP contribution in [-0.2, 0) is 14.3 Å². The zero-order chi connectivity index (χ0) is 30.1. The molecule has 0 saturated carbocycles. The highest BCUT2D eigenvalue weighted by Gasteiger charge is 2.36. The second-order valence-corrected chi connectivity index (χ2v) is 11.5. The Labute approximate surface area is 258 Å². The Bertz CT molecular complexity index is 1960. The maximum Gasteiger partial charge on any atom is 0.338 e. The fourth-order valence-electron chi connectivity index (χ4n) is 5.02. The van der Waals surface area contributed by atoms with Gasteiger partial charge in [0.05, 0.1) is 40.2 Å². The number of thiazole rings is 1. The highest BCUT2D eigenvalue weighted by atomic mass is 127. The third-order valence-corrected chi connectivity index (χ3v) is 8.52. The summed E-state index contributed by atoms with van der Waals surface area (Å²) in [6, 6.07) is 14.2. The van der Waals surface area contributed by atoms with Crippen molar-refractivity contribution in [2.75, 3.05) is 20.8 Å². The number of aromatic nitrogens is 1. The van der Waals surface area contributed by atoms with Crippen molar-refractivity contribution in [1.29, 1.82) is 0 Å². The number of benzene rings is 3. The third-order valence-electron chi connectivity index (χ3n) is 6.74. The van der Waals surface area contributed by atoms with E-state index >= 15 is 0 Å². The number of halogens is 1. The number of rotatable bonds is 7. The number of fused-ring (bicyclic) bond motifs is 2. The van der Waals surface area contributed by atoms with Crippen LogP contribution in [0.5, 0.6) is 17.2 Å². The second kappa shape index (κ2) is 12.1. The molecule has 0 spiro atoms. The van der Waals surface area contributed by atoms with Gasteiger partial charge in [-0.05, 0) is 77.0 Å². The van der Waals surface area contributed by atoms with E-state index in [4.69, 9.17) is 18.9 Å². The van der Waals surface area contributed by atoms with Crippen LogP contribution in [-0.4, -0.2) is 37.3 Å². The van der Waals surface area contributed by atoms with Gasteiger partial charge in [-0.3, -0.25) is 14.2 Å². The summed E-state index contributed by atoms with van der Waals surface area (Å²) in [6.07, 6.45) is 1.73. The summed E-state index contributed by atoms with van der Waals surface area (Å²) in [5.41, 5.74) is 1.74. The standard InChI is InChI=1S/C31H27IN2O7S/c1-6-40-30(37)25-16(2)33-31-34(27(25)26-20-10-8-7-9-19(20)11-12-22(26)38-4)29(36)24(42-31)15-18-13-21(32)28(41-17(3)35)23(14-18)39-5/h7-15,27H,6H2,1-5H3/b24-15-/t27-/m0/s1. The van der Waals surface area contributed by atoms with E-state index in [0.29, 0.717) is 47.0 Å². The van der Waals surface area contributed by atoms with Gasteiger partial charge < -0.3 is 18.9 Å². The number of esters is 2. The van der Waals surface area contributed by atoms with Gasteiger partial charge in [0.25, 0.3) is 5.56 Å². The van der Waals surface area contributed by atoms with E-state index in [1.54, 1.807) is 39.2 Å². The number of hydrogen-bond acceptors (Lipinski definition) is 9. The fourth-order valence-corrected chi connectivity index (χ4v) is 6.80. The van der Waals surface area contributed by atoms with Crippen LogP contribution in [0.15, 0.2) is 69.6 Å². The lowest BCUT2D eigenvalue weighted by Crippen LogP contribution is -2.40. The van der Waals surface area contributed by atoms with Gasteiger partial charge in [-0.2, -0.15) is 0 Å². The molecular formula is C31H27IN2O7S. The molecule has 0 saturated heterocycles. The minimum Gasteiger partial charge on any atom is -0.496 e. The van der Waals surface area contributed by atoms with Gasteiger partial charge in [0.1, 0.15) is 11.8 Å². The molecule has 0 bridgehead atoms. The lowest BCUT2D eigenvalue weighted by atomic mass is 9.90. The molecule has 0 aliphatic carbocycles. The molecule has 9 nitrogen and oxygen atoms in total. The molecule has 42 heavy (non-hydrogen) atoms. The van der Waals surface area contributed by atoms with Crippen LogP contribution in [0.3, 0.4) is 0 Å². The Kier molecular flexibility index (Phi) is 8.50. The first-order valence-electron chi connectivity index (χ1n) is 13.0. The first-order chi connectivity index (χ1) is 20.2. The first-order valence-corrected chi connectivity index (χ1v) is 14.9. The van der Waals surface area contributed by atoms with Gasteiger partial charge in [0.2, 0.25) is 0 Å². The molecule has 0 unspecified atom stereocenters. The predicted octanol–water partition coefficient (Wildman–Crippen LogP) is 4.50. The molecule has 0 N–H and O–H groups in total. The summed E-state index contributed by atoms with van der Waals surface area (Å²) >= 11 is 3.27. The molecule has 1 aromatic heterocycles. The molecule has 0 amide bonds. The molecule has 1 aliphatic heterocycles. The van der Waals surface area contributed by atoms with Gasteiger partial charge in [0, 0.05) is 12.5 Å². The quantitative estimate of drug-likeness (QED) is 0.159. The smallest absolute Gasteiger partial charge is 0.338 e. The predicted molar refractivity (Wildman–Crippen MR) is 168 cm³/mol. The van der Waals surface area contributed by atoms with Gasteiger partial charge in [-0.25, -0.2) is 9.79 Å². The number of ether oxygens (including phenoxy) is 4. The number of methoxy groups -OCH3 is 2. The van der Waals surface area contributed by atoms with Crippen LogP contribution in [0.2, 0.25) is 0 Å². The van der Waals surface area contributed by atoms with Crippen molar-refractivity contribution in [3.63, 3.8) is 0 Å². The van der Waals surface area contributed by atoms with Crippen LogP contribution >= 0.6 is 33.9 Å². The molecular weight excluding hydrogens is 671 g/mol. The van der Waals surface area contributed by atoms with E-state index in [-0.39, 0.29) is 17.7 Å². The number of carbonyl (C=O) groups excluding carboxylic acids is 2. The monoisotopic (exact) mass is 698 g/mol. The Hall–Kier alpha value is -3.97. The molecule has 1 atom stereocenters. The Morgan fingerprint density at radius 1 is 1.10 bits per heavy atom. The van der Waals surface area contributed by atoms with Crippen molar-refractivity contribution < 1.29 is 28.5 Å². The second-order valence-electron chi connectivity index (χ2n) is 9.33. The van der Waals surface area contributed by atoms with Crippen LogP contribution < -0.4 is 29.1 Å². The zero-order valence-electron chi connectivity index (χ0n) is 23.5. The van der Waals surface area contributed by atoms with E-state index in [0.717, 1.165) is 10.8 Å². The molecule has 11 heteroatoms. The molecule has 216 valence electrons. The summed E-state index contributed by atoms with van der Waals surface area (Å²) in [5, 5.41) is 1.77. The Morgan fingerprint density at radius 3 is 2.52 bits per heavy atom. The summed E-state index contributed by atoms with van der Waals surface area (Å²) < 4.78 is 24.6. The maximum atomic E-state index is 14.2. The molecule has 3 aromatic carbocycles. The average Bonchev–Trinajstić information content (AvgIpc) is 3.26. The van der Waals surface area contributed by atoms with Gasteiger partial charge in [0.15, 0.2) is 16.3 Å². The zero-order valence-corrected chi connectivity index (χ0v) is 26.5. The first kappa shape index (κ1) is 29.5. The Morgan fingerprint density at radius 2 is 1.83 bits per heavy atom. The van der Waals surface area contributed by atoms with Gasteiger partial charge >= 0.3 is 11.9 Å². The lowest BCUT2D eigenvalue weighted by Gasteiger charge is -2.27. The van der Waals surface area contributed by atoms with Crippen LogP contribution in [0.1, 0.15) is 37.9 Å². The van der Waals surface area contributed by atoms with E-state index in [1.165, 1.54) is 29.9 Å². The fraction of sp³-hybridized carbons (Fsp3) is 0.226. The third kappa shape index (κ3) is 5.34. The van der Waals surface area contributed by atoms with Gasteiger partial charge in [-0.15, -0.1) is 0 Å². The Balaban J connectivity index is 1.79. The molecule has 4 aromatic rings. The van der Waals surface area contributed by atoms with Crippen molar-refractivity contribution in [1.82, 2.24) is 4.57 Å². The van der Waals surface area contributed by atoms with Crippen molar-refractivity contribution in [2.24, 2.45) is 4.99 Å². The summed E-state index contributed by atoms with van der Waals surface area (Å²) in [5.74, 6) is 0.180. The lowest BCUT2D eigenvalue weighted by molar-refractivity contribution is -0.139. The molecule has 0 fully saturated rings.